The van der Waals surface area contributed by atoms with E-state index in [1.807, 2.05) is 60.7 Å². The fourth-order valence-corrected chi connectivity index (χ4v) is 1.58. The summed E-state index contributed by atoms with van der Waals surface area (Å²) in [5.41, 5.74) is 0. The van der Waals surface area contributed by atoms with E-state index in [0.717, 1.165) is 11.5 Å². The van der Waals surface area contributed by atoms with Crippen LogP contribution in [0.5, 0.6) is 11.5 Å². The van der Waals surface area contributed by atoms with Crippen molar-refractivity contribution in [1.29, 1.82) is 0 Å². The summed E-state index contributed by atoms with van der Waals surface area (Å²) in [5.74, 6) is 1.64. The van der Waals surface area contributed by atoms with E-state index in [1.54, 1.807) is 0 Å². The van der Waals surface area contributed by atoms with Crippen molar-refractivity contribution in [2.24, 2.45) is 0 Å². The van der Waals surface area contributed by atoms with Gasteiger partial charge in [0.15, 0.2) is 0 Å². The summed E-state index contributed by atoms with van der Waals surface area (Å²) in [6, 6.07) is 19.2. The molecule has 0 heterocycles. The summed E-state index contributed by atoms with van der Waals surface area (Å²) < 4.78 is 11.1. The van der Waals surface area contributed by atoms with Gasteiger partial charge < -0.3 is 9.47 Å². The lowest BCUT2D eigenvalue weighted by atomic mass is 10.3. The Morgan fingerprint density at radius 3 is 1.50 bits per heavy atom. The van der Waals surface area contributed by atoms with E-state index in [4.69, 9.17) is 21.1 Å². The normalized spacial score (nSPS) is 10.3. The number of halogens is 1. The monoisotopic (exact) mass is 262 g/mol. The number of ether oxygens (including phenoxy) is 2. The van der Waals surface area contributed by atoms with Crippen molar-refractivity contribution in [2.45, 2.75) is 5.38 Å². The second kappa shape index (κ2) is 6.92. The third-order valence-corrected chi connectivity index (χ3v) is 2.60. The Bertz CT molecular complexity index is 401. The molecular formula is C15H15ClO2. The molecule has 0 atom stereocenters. The van der Waals surface area contributed by atoms with Crippen molar-refractivity contribution < 1.29 is 9.47 Å². The van der Waals surface area contributed by atoms with Gasteiger partial charge in [-0.05, 0) is 24.3 Å². The number of hydrogen-bond acceptors (Lipinski definition) is 2. The minimum Gasteiger partial charge on any atom is -0.492 e. The summed E-state index contributed by atoms with van der Waals surface area (Å²) in [5, 5.41) is -0.176. The van der Waals surface area contributed by atoms with Crippen molar-refractivity contribution >= 4 is 11.6 Å². The predicted octanol–water partition coefficient (Wildman–Crippen LogP) is 3.75. The number of alkyl halides is 1. The van der Waals surface area contributed by atoms with Crippen LogP contribution < -0.4 is 9.47 Å². The lowest BCUT2D eigenvalue weighted by Gasteiger charge is -2.12. The summed E-state index contributed by atoms with van der Waals surface area (Å²) in [7, 11) is 0. The van der Waals surface area contributed by atoms with E-state index in [1.165, 1.54) is 0 Å². The lowest BCUT2D eigenvalue weighted by Crippen LogP contribution is -2.19. The third kappa shape index (κ3) is 4.30. The molecule has 18 heavy (non-hydrogen) atoms. The lowest BCUT2D eigenvalue weighted by molar-refractivity contribution is 0.252. The van der Waals surface area contributed by atoms with Crippen LogP contribution in [0.2, 0.25) is 0 Å². The Balaban J connectivity index is 1.71. The highest BCUT2D eigenvalue weighted by Crippen LogP contribution is 2.12. The van der Waals surface area contributed by atoms with Gasteiger partial charge in [-0.2, -0.15) is 0 Å². The van der Waals surface area contributed by atoms with Crippen molar-refractivity contribution in [1.82, 2.24) is 0 Å². The fourth-order valence-electron chi connectivity index (χ4n) is 1.45. The molecule has 2 nitrogen and oxygen atoms in total. The second-order valence-corrected chi connectivity index (χ2v) is 4.46. The summed E-state index contributed by atoms with van der Waals surface area (Å²) >= 11 is 6.13. The van der Waals surface area contributed by atoms with Crippen molar-refractivity contribution in [3.05, 3.63) is 60.7 Å². The number of benzene rings is 2. The van der Waals surface area contributed by atoms with E-state index < -0.39 is 0 Å². The molecule has 0 spiro atoms. The van der Waals surface area contributed by atoms with Crippen LogP contribution in [0, 0.1) is 0 Å². The molecule has 3 heteroatoms. The quantitative estimate of drug-likeness (QED) is 0.738. The molecule has 0 saturated carbocycles. The van der Waals surface area contributed by atoms with Gasteiger partial charge in [-0.1, -0.05) is 36.4 Å². The van der Waals surface area contributed by atoms with E-state index >= 15 is 0 Å². The first kappa shape index (κ1) is 12.8. The van der Waals surface area contributed by atoms with Crippen molar-refractivity contribution in [3.63, 3.8) is 0 Å². The third-order valence-electron chi connectivity index (χ3n) is 2.35. The molecule has 2 aromatic rings. The highest BCUT2D eigenvalue weighted by atomic mass is 35.5. The molecule has 94 valence electrons. The highest BCUT2D eigenvalue weighted by Gasteiger charge is 2.06. The smallest absolute Gasteiger partial charge is 0.119 e. The molecule has 0 N–H and O–H groups in total. The van der Waals surface area contributed by atoms with Crippen LogP contribution in [0.3, 0.4) is 0 Å². The zero-order chi connectivity index (χ0) is 12.6. The SMILES string of the molecule is ClC(COc1ccccc1)COc1ccccc1. The van der Waals surface area contributed by atoms with Crippen LogP contribution in [-0.2, 0) is 0 Å². The van der Waals surface area contributed by atoms with Crippen LogP contribution in [0.4, 0.5) is 0 Å². The van der Waals surface area contributed by atoms with Crippen LogP contribution in [-0.4, -0.2) is 18.6 Å². The van der Waals surface area contributed by atoms with Gasteiger partial charge in [0, 0.05) is 0 Å². The van der Waals surface area contributed by atoms with Gasteiger partial charge in [-0.3, -0.25) is 0 Å². The Morgan fingerprint density at radius 1 is 0.722 bits per heavy atom. The van der Waals surface area contributed by atoms with Gasteiger partial charge in [-0.15, -0.1) is 11.6 Å². The van der Waals surface area contributed by atoms with Crippen LogP contribution in [0.15, 0.2) is 60.7 Å². The standard InChI is InChI=1S/C15H15ClO2/c16-13(11-17-14-7-3-1-4-8-14)12-18-15-9-5-2-6-10-15/h1-10,13H,11-12H2. The van der Waals surface area contributed by atoms with Gasteiger partial charge in [-0.25, -0.2) is 0 Å². The summed E-state index contributed by atoms with van der Waals surface area (Å²) in [6.45, 7) is 0.858. The van der Waals surface area contributed by atoms with Crippen LogP contribution in [0.1, 0.15) is 0 Å². The molecule has 0 aliphatic rings. The van der Waals surface area contributed by atoms with Gasteiger partial charge in [0.25, 0.3) is 0 Å². The zero-order valence-corrected chi connectivity index (χ0v) is 10.7. The van der Waals surface area contributed by atoms with E-state index in [0.29, 0.717) is 13.2 Å². The predicted molar refractivity (Wildman–Crippen MR) is 73.5 cm³/mol. The molecule has 0 unspecified atom stereocenters. The molecular weight excluding hydrogens is 248 g/mol. The fraction of sp³-hybridized carbons (Fsp3) is 0.200. The van der Waals surface area contributed by atoms with Gasteiger partial charge >= 0.3 is 0 Å². The first-order chi connectivity index (χ1) is 8.84. The first-order valence-electron chi connectivity index (χ1n) is 5.84. The van der Waals surface area contributed by atoms with Gasteiger partial charge in [0.05, 0.1) is 0 Å². The molecule has 0 aliphatic carbocycles. The molecule has 0 amide bonds. The van der Waals surface area contributed by atoms with E-state index in [9.17, 15) is 0 Å². The zero-order valence-electron chi connectivity index (χ0n) is 9.96. The Kier molecular flexibility index (Phi) is 4.91. The van der Waals surface area contributed by atoms with E-state index in [-0.39, 0.29) is 5.38 Å². The maximum absolute atomic E-state index is 6.13. The summed E-state index contributed by atoms with van der Waals surface area (Å²) in [6.07, 6.45) is 0. The molecule has 2 aromatic carbocycles. The Morgan fingerprint density at radius 2 is 1.11 bits per heavy atom. The van der Waals surface area contributed by atoms with Crippen molar-refractivity contribution in [3.8, 4) is 11.5 Å². The summed E-state index contributed by atoms with van der Waals surface area (Å²) in [4.78, 5) is 0. The van der Waals surface area contributed by atoms with Gasteiger partial charge in [0.2, 0.25) is 0 Å². The average Bonchev–Trinajstić information content (AvgIpc) is 2.45. The molecule has 0 aromatic heterocycles. The first-order valence-corrected chi connectivity index (χ1v) is 6.28. The number of para-hydroxylation sites is 2. The molecule has 2 rings (SSSR count). The molecule has 0 radical (unpaired) electrons. The average molecular weight is 263 g/mol. The molecule has 0 fully saturated rings. The minimum atomic E-state index is -0.176. The second-order valence-electron chi connectivity index (χ2n) is 3.85. The minimum absolute atomic E-state index is 0.176. The topological polar surface area (TPSA) is 18.5 Å². The number of rotatable bonds is 6. The van der Waals surface area contributed by atoms with E-state index in [2.05, 4.69) is 0 Å². The maximum atomic E-state index is 6.13. The Labute approximate surface area is 112 Å². The van der Waals surface area contributed by atoms with Crippen LogP contribution >= 0.6 is 11.6 Å². The van der Waals surface area contributed by atoms with Crippen molar-refractivity contribution in [2.75, 3.05) is 13.2 Å². The molecule has 0 aliphatic heterocycles. The highest BCUT2D eigenvalue weighted by molar-refractivity contribution is 6.20. The molecule has 0 bridgehead atoms. The molecule has 0 saturated heterocycles. The Hall–Kier alpha value is -1.67. The van der Waals surface area contributed by atoms with Crippen LogP contribution in [0.25, 0.3) is 0 Å². The number of hydrogen-bond donors (Lipinski definition) is 0. The maximum Gasteiger partial charge on any atom is 0.119 e. The largest absolute Gasteiger partial charge is 0.492 e. The van der Waals surface area contributed by atoms with Gasteiger partial charge in [0.1, 0.15) is 30.1 Å².